The number of hydrogen-bond donors (Lipinski definition) is 3. The predicted octanol–water partition coefficient (Wildman–Crippen LogP) is 2.62. The Morgan fingerprint density at radius 1 is 1.22 bits per heavy atom. The van der Waals surface area contributed by atoms with Crippen LogP contribution in [-0.4, -0.2) is 42.7 Å². The summed E-state index contributed by atoms with van der Waals surface area (Å²) in [5.74, 6) is 0.913. The Hall–Kier alpha value is -1.95. The van der Waals surface area contributed by atoms with Crippen LogP contribution in [0.2, 0.25) is 0 Å². The van der Waals surface area contributed by atoms with E-state index < -0.39 is 10.0 Å². The summed E-state index contributed by atoms with van der Waals surface area (Å²) in [5.41, 5.74) is 0.739. The van der Waals surface area contributed by atoms with Gasteiger partial charge in [-0.2, -0.15) is 0 Å². The standard InChI is InChI=1S/C16H20N6O2S3/c1-10(6-18-15-19-8-11(25-2)9-20-15)7-21-16-22-13-4-3-12(27(17,23)24)5-14(13)26-16/h3-5,8-10H,6-7H2,1-2H3,(H,21,22)(H2,17,23,24)(H,18,19,20). The fraction of sp³-hybridized carbons (Fsp3) is 0.312. The molecule has 0 amide bonds. The van der Waals surface area contributed by atoms with E-state index in [0.29, 0.717) is 25.0 Å². The number of nitrogens with zero attached hydrogens (tertiary/aromatic N) is 3. The summed E-state index contributed by atoms with van der Waals surface area (Å²) < 4.78 is 23.7. The number of fused-ring (bicyclic) bond motifs is 1. The number of hydrogen-bond acceptors (Lipinski definition) is 9. The molecule has 1 atom stereocenters. The van der Waals surface area contributed by atoms with Crippen LogP contribution in [0.4, 0.5) is 11.1 Å². The first-order valence-corrected chi connectivity index (χ1v) is 11.7. The van der Waals surface area contributed by atoms with Crippen LogP contribution in [-0.2, 0) is 10.0 Å². The Kier molecular flexibility index (Phi) is 6.15. The van der Waals surface area contributed by atoms with Gasteiger partial charge in [-0.15, -0.1) is 11.8 Å². The van der Waals surface area contributed by atoms with E-state index in [1.54, 1.807) is 36.3 Å². The summed E-state index contributed by atoms with van der Waals surface area (Å²) in [6.45, 7) is 3.52. The fourth-order valence-corrected chi connectivity index (χ4v) is 4.11. The average molecular weight is 425 g/mol. The molecule has 11 heteroatoms. The van der Waals surface area contributed by atoms with E-state index >= 15 is 0 Å². The number of benzene rings is 1. The van der Waals surface area contributed by atoms with Gasteiger partial charge in [-0.1, -0.05) is 18.3 Å². The van der Waals surface area contributed by atoms with Crippen molar-refractivity contribution in [3.05, 3.63) is 30.6 Å². The lowest BCUT2D eigenvalue weighted by Gasteiger charge is -2.13. The van der Waals surface area contributed by atoms with Gasteiger partial charge >= 0.3 is 0 Å². The van der Waals surface area contributed by atoms with Crippen molar-refractivity contribution in [2.24, 2.45) is 11.1 Å². The molecule has 0 aliphatic heterocycles. The number of thioether (sulfide) groups is 1. The third kappa shape index (κ3) is 5.28. The molecule has 8 nitrogen and oxygen atoms in total. The average Bonchev–Trinajstić information content (AvgIpc) is 3.06. The number of nitrogens with one attached hydrogen (secondary N) is 2. The molecule has 4 N–H and O–H groups in total. The van der Waals surface area contributed by atoms with Gasteiger partial charge in [-0.05, 0) is 30.4 Å². The molecule has 0 saturated carbocycles. The number of sulfonamides is 1. The molecule has 2 aromatic heterocycles. The highest BCUT2D eigenvalue weighted by molar-refractivity contribution is 7.98. The van der Waals surface area contributed by atoms with E-state index in [-0.39, 0.29) is 4.90 Å². The minimum absolute atomic E-state index is 0.0928. The molecule has 1 unspecified atom stereocenters. The molecule has 3 rings (SSSR count). The smallest absolute Gasteiger partial charge is 0.238 e. The molecule has 144 valence electrons. The van der Waals surface area contributed by atoms with Crippen molar-refractivity contribution in [1.82, 2.24) is 15.0 Å². The first kappa shape index (κ1) is 19.8. The molecule has 0 fully saturated rings. The summed E-state index contributed by atoms with van der Waals surface area (Å²) in [5, 5.41) is 12.4. The van der Waals surface area contributed by atoms with Crippen LogP contribution >= 0.6 is 23.1 Å². The van der Waals surface area contributed by atoms with Crippen molar-refractivity contribution < 1.29 is 8.42 Å². The van der Waals surface area contributed by atoms with Crippen molar-refractivity contribution in [3.8, 4) is 0 Å². The highest BCUT2D eigenvalue weighted by Gasteiger charge is 2.12. The number of nitrogens with two attached hydrogens (primary N) is 1. The fourth-order valence-electron chi connectivity index (χ4n) is 2.27. The predicted molar refractivity (Wildman–Crippen MR) is 111 cm³/mol. The Morgan fingerprint density at radius 3 is 2.59 bits per heavy atom. The van der Waals surface area contributed by atoms with E-state index in [0.717, 1.165) is 20.2 Å². The molecule has 0 bridgehead atoms. The lowest BCUT2D eigenvalue weighted by atomic mass is 10.2. The second kappa shape index (κ2) is 8.38. The Morgan fingerprint density at radius 2 is 1.93 bits per heavy atom. The highest BCUT2D eigenvalue weighted by atomic mass is 32.2. The number of thiazole rings is 1. The lowest BCUT2D eigenvalue weighted by molar-refractivity contribution is 0.598. The maximum Gasteiger partial charge on any atom is 0.238 e. The first-order valence-electron chi connectivity index (χ1n) is 8.12. The Bertz CT molecular complexity index is 1020. The largest absolute Gasteiger partial charge is 0.361 e. The van der Waals surface area contributed by atoms with E-state index in [1.165, 1.54) is 17.4 Å². The molecular weight excluding hydrogens is 404 g/mol. The number of primary sulfonamides is 1. The molecule has 0 saturated heterocycles. The van der Waals surface area contributed by atoms with Crippen LogP contribution in [0.15, 0.2) is 40.4 Å². The maximum absolute atomic E-state index is 11.5. The van der Waals surface area contributed by atoms with E-state index in [1.807, 2.05) is 6.26 Å². The van der Waals surface area contributed by atoms with Crippen molar-refractivity contribution >= 4 is 54.4 Å². The van der Waals surface area contributed by atoms with Gasteiger partial charge in [0.25, 0.3) is 0 Å². The van der Waals surface area contributed by atoms with Crippen LogP contribution in [0, 0.1) is 5.92 Å². The zero-order chi connectivity index (χ0) is 19.4. The summed E-state index contributed by atoms with van der Waals surface area (Å²) >= 11 is 3.00. The van der Waals surface area contributed by atoms with Gasteiger partial charge in [0.15, 0.2) is 5.13 Å². The minimum atomic E-state index is -3.71. The summed E-state index contributed by atoms with van der Waals surface area (Å²) in [7, 11) is -3.71. The normalized spacial score (nSPS) is 12.9. The molecule has 3 aromatic rings. The summed E-state index contributed by atoms with van der Waals surface area (Å²) in [6, 6.07) is 4.68. The van der Waals surface area contributed by atoms with Crippen LogP contribution in [0.5, 0.6) is 0 Å². The van der Waals surface area contributed by atoms with Gasteiger partial charge < -0.3 is 10.6 Å². The third-order valence-electron chi connectivity index (χ3n) is 3.76. The molecule has 1 aromatic carbocycles. The Labute approximate surface area is 166 Å². The van der Waals surface area contributed by atoms with E-state index in [9.17, 15) is 8.42 Å². The topological polar surface area (TPSA) is 123 Å². The van der Waals surface area contributed by atoms with Crippen molar-refractivity contribution in [2.45, 2.75) is 16.7 Å². The van der Waals surface area contributed by atoms with Gasteiger partial charge in [-0.3, -0.25) is 0 Å². The van der Waals surface area contributed by atoms with Crippen molar-refractivity contribution in [3.63, 3.8) is 0 Å². The van der Waals surface area contributed by atoms with Crippen LogP contribution in [0.3, 0.4) is 0 Å². The number of aromatic nitrogens is 3. The van der Waals surface area contributed by atoms with Crippen LogP contribution in [0.25, 0.3) is 10.2 Å². The second-order valence-electron chi connectivity index (χ2n) is 6.01. The van der Waals surface area contributed by atoms with Crippen molar-refractivity contribution in [1.29, 1.82) is 0 Å². The van der Waals surface area contributed by atoms with Crippen LogP contribution < -0.4 is 15.8 Å². The molecule has 0 radical (unpaired) electrons. The Balaban J connectivity index is 1.55. The number of anilines is 2. The van der Waals surface area contributed by atoms with Crippen LogP contribution in [0.1, 0.15) is 6.92 Å². The third-order valence-corrected chi connectivity index (χ3v) is 6.33. The van der Waals surface area contributed by atoms with Gasteiger partial charge in [0.05, 0.1) is 15.1 Å². The van der Waals surface area contributed by atoms with Gasteiger partial charge in [-0.25, -0.2) is 28.5 Å². The lowest BCUT2D eigenvalue weighted by Crippen LogP contribution is -2.20. The second-order valence-corrected chi connectivity index (χ2v) is 9.48. The number of rotatable bonds is 8. The minimum Gasteiger partial charge on any atom is -0.361 e. The molecule has 0 aliphatic carbocycles. The summed E-state index contributed by atoms with van der Waals surface area (Å²) in [4.78, 5) is 14.1. The highest BCUT2D eigenvalue weighted by Crippen LogP contribution is 2.28. The zero-order valence-corrected chi connectivity index (χ0v) is 17.3. The van der Waals surface area contributed by atoms with Gasteiger partial charge in [0, 0.05) is 30.4 Å². The zero-order valence-electron chi connectivity index (χ0n) is 14.8. The molecule has 2 heterocycles. The summed E-state index contributed by atoms with van der Waals surface area (Å²) in [6.07, 6.45) is 5.57. The molecule has 0 spiro atoms. The SMILES string of the molecule is CSc1cnc(NCC(C)CNc2nc3ccc(S(N)(=O)=O)cc3s2)nc1. The van der Waals surface area contributed by atoms with Crippen molar-refractivity contribution in [2.75, 3.05) is 30.0 Å². The molecular formula is C16H20N6O2S3. The first-order chi connectivity index (χ1) is 12.8. The quantitative estimate of drug-likeness (QED) is 0.472. The van der Waals surface area contributed by atoms with Gasteiger partial charge in [0.1, 0.15) is 0 Å². The molecule has 27 heavy (non-hydrogen) atoms. The molecule has 0 aliphatic rings. The maximum atomic E-state index is 11.5. The van der Waals surface area contributed by atoms with E-state index in [4.69, 9.17) is 5.14 Å². The van der Waals surface area contributed by atoms with Gasteiger partial charge in [0.2, 0.25) is 16.0 Å². The van der Waals surface area contributed by atoms with E-state index in [2.05, 4.69) is 32.5 Å². The monoisotopic (exact) mass is 424 g/mol.